The van der Waals surface area contributed by atoms with Gasteiger partial charge in [-0.05, 0) is 44.2 Å². The van der Waals surface area contributed by atoms with Gasteiger partial charge in [-0.2, -0.15) is 5.10 Å². The fourth-order valence-corrected chi connectivity index (χ4v) is 2.36. The summed E-state index contributed by atoms with van der Waals surface area (Å²) in [6.45, 7) is 5.20. The minimum atomic E-state index is 0.318. The molecule has 108 valence electrons. The summed E-state index contributed by atoms with van der Waals surface area (Å²) in [5, 5.41) is 4.50. The molecule has 0 aliphatic rings. The van der Waals surface area contributed by atoms with Crippen LogP contribution < -0.4 is 5.73 Å². The number of aromatic nitrogens is 2. The van der Waals surface area contributed by atoms with Crippen molar-refractivity contribution in [3.05, 3.63) is 47.3 Å². The lowest BCUT2D eigenvalue weighted by atomic mass is 10.1. The molecule has 2 aromatic rings. The highest BCUT2D eigenvalue weighted by Crippen LogP contribution is 2.22. The summed E-state index contributed by atoms with van der Waals surface area (Å²) in [5.41, 5.74) is 10.3. The van der Waals surface area contributed by atoms with Gasteiger partial charge in [-0.3, -0.25) is 9.58 Å². The summed E-state index contributed by atoms with van der Waals surface area (Å²) in [4.78, 5) is 2.31. The molecule has 2 N–H and O–H groups in total. The normalized spacial score (nSPS) is 12.8. The Morgan fingerprint density at radius 3 is 2.70 bits per heavy atom. The molecule has 1 aromatic carbocycles. The van der Waals surface area contributed by atoms with Crippen molar-refractivity contribution in [2.45, 2.75) is 32.9 Å². The highest BCUT2D eigenvalue weighted by molar-refractivity contribution is 5.41. The Bertz CT molecular complexity index is 574. The third kappa shape index (κ3) is 3.20. The lowest BCUT2D eigenvalue weighted by Gasteiger charge is -2.25. The van der Waals surface area contributed by atoms with Gasteiger partial charge >= 0.3 is 0 Å². The summed E-state index contributed by atoms with van der Waals surface area (Å²) in [6.07, 6.45) is 0.975. The van der Waals surface area contributed by atoms with E-state index in [2.05, 4.69) is 43.0 Å². The maximum atomic E-state index is 5.86. The van der Waals surface area contributed by atoms with E-state index in [-0.39, 0.29) is 0 Å². The van der Waals surface area contributed by atoms with Crippen LogP contribution in [-0.2, 0) is 20.0 Å². The quantitative estimate of drug-likeness (QED) is 0.851. The SMILES string of the molecule is CCc1cc(CN(C)C(C)c2cccc(N)c2)n(C)n1. The van der Waals surface area contributed by atoms with Gasteiger partial charge in [-0.25, -0.2) is 0 Å². The molecule has 0 bridgehead atoms. The summed E-state index contributed by atoms with van der Waals surface area (Å²) in [5.74, 6) is 0. The minimum Gasteiger partial charge on any atom is -0.399 e. The zero-order valence-corrected chi connectivity index (χ0v) is 12.8. The van der Waals surface area contributed by atoms with Crippen molar-refractivity contribution in [3.63, 3.8) is 0 Å². The fraction of sp³-hybridized carbons (Fsp3) is 0.438. The molecule has 0 amide bonds. The number of hydrogen-bond donors (Lipinski definition) is 1. The van der Waals surface area contributed by atoms with E-state index in [1.165, 1.54) is 11.3 Å². The second kappa shape index (κ2) is 6.09. The molecular formula is C16H24N4. The number of anilines is 1. The van der Waals surface area contributed by atoms with E-state index in [0.29, 0.717) is 6.04 Å². The van der Waals surface area contributed by atoms with Crippen LogP contribution in [-0.4, -0.2) is 21.7 Å². The number of benzene rings is 1. The number of nitrogens with two attached hydrogens (primary N) is 1. The molecule has 2 rings (SSSR count). The van der Waals surface area contributed by atoms with E-state index < -0.39 is 0 Å². The summed E-state index contributed by atoms with van der Waals surface area (Å²) >= 11 is 0. The number of hydrogen-bond acceptors (Lipinski definition) is 3. The molecule has 0 radical (unpaired) electrons. The number of aryl methyl sites for hydroxylation is 2. The van der Waals surface area contributed by atoms with Gasteiger partial charge in [-0.15, -0.1) is 0 Å². The molecule has 0 aliphatic carbocycles. The molecule has 0 saturated heterocycles. The van der Waals surface area contributed by atoms with Crippen LogP contribution in [0.4, 0.5) is 5.69 Å². The van der Waals surface area contributed by atoms with Crippen LogP contribution in [0.15, 0.2) is 30.3 Å². The Morgan fingerprint density at radius 1 is 1.35 bits per heavy atom. The smallest absolute Gasteiger partial charge is 0.0625 e. The Labute approximate surface area is 121 Å². The first kappa shape index (κ1) is 14.6. The average molecular weight is 272 g/mol. The van der Waals surface area contributed by atoms with Crippen molar-refractivity contribution in [1.29, 1.82) is 0 Å². The van der Waals surface area contributed by atoms with Crippen LogP contribution in [0.5, 0.6) is 0 Å². The molecule has 0 fully saturated rings. The van der Waals surface area contributed by atoms with Crippen molar-refractivity contribution in [3.8, 4) is 0 Å². The second-order valence-electron chi connectivity index (χ2n) is 5.37. The number of rotatable bonds is 5. The summed E-state index contributed by atoms with van der Waals surface area (Å²) < 4.78 is 1.97. The van der Waals surface area contributed by atoms with Crippen LogP contribution in [0.2, 0.25) is 0 Å². The van der Waals surface area contributed by atoms with Crippen molar-refractivity contribution >= 4 is 5.69 Å². The molecule has 1 unspecified atom stereocenters. The predicted molar refractivity (Wildman–Crippen MR) is 83.3 cm³/mol. The summed E-state index contributed by atoms with van der Waals surface area (Å²) in [7, 11) is 4.14. The van der Waals surface area contributed by atoms with Gasteiger partial charge in [0.2, 0.25) is 0 Å². The van der Waals surface area contributed by atoms with Crippen LogP contribution in [0, 0.1) is 0 Å². The highest BCUT2D eigenvalue weighted by atomic mass is 15.3. The van der Waals surface area contributed by atoms with Crippen LogP contribution in [0.25, 0.3) is 0 Å². The average Bonchev–Trinajstić information content (AvgIpc) is 2.78. The molecule has 0 spiro atoms. The first-order chi connectivity index (χ1) is 9.51. The zero-order chi connectivity index (χ0) is 14.7. The van der Waals surface area contributed by atoms with Gasteiger partial charge in [-0.1, -0.05) is 19.1 Å². The van der Waals surface area contributed by atoms with Gasteiger partial charge in [0.25, 0.3) is 0 Å². The molecule has 4 nitrogen and oxygen atoms in total. The maximum absolute atomic E-state index is 5.86. The lowest BCUT2D eigenvalue weighted by Crippen LogP contribution is -2.23. The monoisotopic (exact) mass is 272 g/mol. The minimum absolute atomic E-state index is 0.318. The van der Waals surface area contributed by atoms with Crippen LogP contribution in [0.1, 0.15) is 36.8 Å². The molecule has 20 heavy (non-hydrogen) atoms. The molecule has 0 saturated carbocycles. The standard InChI is InChI=1S/C16H24N4/c1-5-15-10-16(20(4)18-15)11-19(3)12(2)13-7-6-8-14(17)9-13/h6-10,12H,5,11,17H2,1-4H3. The van der Waals surface area contributed by atoms with Crippen molar-refractivity contribution < 1.29 is 0 Å². The molecule has 1 heterocycles. The van der Waals surface area contributed by atoms with E-state index in [1.807, 2.05) is 29.9 Å². The third-order valence-electron chi connectivity index (χ3n) is 3.86. The Balaban J connectivity index is 2.10. The molecule has 4 heteroatoms. The van der Waals surface area contributed by atoms with Crippen molar-refractivity contribution in [1.82, 2.24) is 14.7 Å². The zero-order valence-electron chi connectivity index (χ0n) is 12.8. The largest absolute Gasteiger partial charge is 0.399 e. The second-order valence-corrected chi connectivity index (χ2v) is 5.37. The van der Waals surface area contributed by atoms with E-state index in [9.17, 15) is 0 Å². The van der Waals surface area contributed by atoms with Crippen LogP contribution in [0.3, 0.4) is 0 Å². The molecular weight excluding hydrogens is 248 g/mol. The fourth-order valence-electron chi connectivity index (χ4n) is 2.36. The number of nitrogens with zero attached hydrogens (tertiary/aromatic N) is 3. The van der Waals surface area contributed by atoms with Gasteiger partial charge < -0.3 is 5.73 Å². The predicted octanol–water partition coefficient (Wildman–Crippen LogP) is 2.76. The Hall–Kier alpha value is -1.81. The van der Waals surface area contributed by atoms with E-state index in [1.54, 1.807) is 0 Å². The van der Waals surface area contributed by atoms with E-state index >= 15 is 0 Å². The van der Waals surface area contributed by atoms with Gasteiger partial charge in [0.05, 0.1) is 11.4 Å². The lowest BCUT2D eigenvalue weighted by molar-refractivity contribution is 0.246. The maximum Gasteiger partial charge on any atom is 0.0625 e. The first-order valence-electron chi connectivity index (χ1n) is 7.08. The molecule has 0 aliphatic heterocycles. The van der Waals surface area contributed by atoms with E-state index in [0.717, 1.165) is 24.3 Å². The third-order valence-corrected chi connectivity index (χ3v) is 3.86. The highest BCUT2D eigenvalue weighted by Gasteiger charge is 2.14. The Morgan fingerprint density at radius 2 is 2.10 bits per heavy atom. The number of nitrogen functional groups attached to an aromatic ring is 1. The van der Waals surface area contributed by atoms with Crippen LogP contribution >= 0.6 is 0 Å². The van der Waals surface area contributed by atoms with Gasteiger partial charge in [0.15, 0.2) is 0 Å². The summed E-state index contributed by atoms with van der Waals surface area (Å²) in [6, 6.07) is 10.6. The Kier molecular flexibility index (Phi) is 4.45. The van der Waals surface area contributed by atoms with E-state index in [4.69, 9.17) is 5.73 Å². The van der Waals surface area contributed by atoms with Gasteiger partial charge in [0.1, 0.15) is 0 Å². The topological polar surface area (TPSA) is 47.1 Å². The van der Waals surface area contributed by atoms with Crippen molar-refractivity contribution in [2.75, 3.05) is 12.8 Å². The molecule has 1 atom stereocenters. The van der Waals surface area contributed by atoms with Crippen molar-refractivity contribution in [2.24, 2.45) is 7.05 Å². The first-order valence-corrected chi connectivity index (χ1v) is 7.08. The van der Waals surface area contributed by atoms with Gasteiger partial charge in [0, 0.05) is 25.3 Å². The molecule has 1 aromatic heterocycles.